The summed E-state index contributed by atoms with van der Waals surface area (Å²) < 4.78 is 0. The molecule has 0 aliphatic carbocycles. The standard InChI is InChI=1S/C23H40N6O/c1-5-24-23(26(4)20-22(30)29(6-2)7-3)25-13-14-27-15-17-28(18-16-27)19-21-11-9-8-10-12-21/h8-12H,5-7,13-20H2,1-4H3,(H,24,25). The first-order valence-electron chi connectivity index (χ1n) is 11.3. The van der Waals surface area contributed by atoms with Crippen LogP contribution in [0.1, 0.15) is 26.3 Å². The minimum absolute atomic E-state index is 0.141. The highest BCUT2D eigenvalue weighted by Gasteiger charge is 2.17. The Kier molecular flexibility index (Phi) is 10.7. The highest BCUT2D eigenvalue weighted by Crippen LogP contribution is 2.08. The van der Waals surface area contributed by atoms with Crippen molar-refractivity contribution in [1.82, 2.24) is 24.9 Å². The fourth-order valence-corrected chi connectivity index (χ4v) is 3.73. The van der Waals surface area contributed by atoms with Gasteiger partial charge in [0.1, 0.15) is 0 Å². The number of carbonyl (C=O) groups excluding carboxylic acids is 1. The first-order valence-corrected chi connectivity index (χ1v) is 11.3. The van der Waals surface area contributed by atoms with Gasteiger partial charge in [0.15, 0.2) is 5.96 Å². The average Bonchev–Trinajstić information content (AvgIpc) is 2.76. The second kappa shape index (κ2) is 13.2. The lowest BCUT2D eigenvalue weighted by atomic mass is 10.2. The van der Waals surface area contributed by atoms with Crippen molar-refractivity contribution in [1.29, 1.82) is 0 Å². The highest BCUT2D eigenvalue weighted by atomic mass is 16.2. The first-order chi connectivity index (χ1) is 14.6. The molecule has 0 radical (unpaired) electrons. The van der Waals surface area contributed by atoms with E-state index >= 15 is 0 Å². The van der Waals surface area contributed by atoms with Crippen LogP contribution in [-0.2, 0) is 11.3 Å². The van der Waals surface area contributed by atoms with Crippen molar-refractivity contribution in [3.8, 4) is 0 Å². The van der Waals surface area contributed by atoms with Crippen LogP contribution in [0.3, 0.4) is 0 Å². The summed E-state index contributed by atoms with van der Waals surface area (Å²) in [4.78, 5) is 25.9. The van der Waals surface area contributed by atoms with Crippen LogP contribution < -0.4 is 5.32 Å². The molecule has 1 fully saturated rings. The van der Waals surface area contributed by atoms with Gasteiger partial charge in [-0.05, 0) is 26.3 Å². The molecule has 0 unspecified atom stereocenters. The van der Waals surface area contributed by atoms with Crippen LogP contribution in [0.5, 0.6) is 0 Å². The number of likely N-dealkylation sites (N-methyl/N-ethyl adjacent to an activating group) is 2. The summed E-state index contributed by atoms with van der Waals surface area (Å²) in [5.41, 5.74) is 1.38. The topological polar surface area (TPSA) is 54.4 Å². The van der Waals surface area contributed by atoms with Crippen molar-refractivity contribution >= 4 is 11.9 Å². The number of hydrogen-bond donors (Lipinski definition) is 1. The minimum Gasteiger partial charge on any atom is -0.357 e. The minimum atomic E-state index is 0.141. The summed E-state index contributed by atoms with van der Waals surface area (Å²) in [5.74, 6) is 0.948. The molecule has 7 nitrogen and oxygen atoms in total. The molecule has 1 aromatic carbocycles. The number of piperazine rings is 1. The molecule has 0 atom stereocenters. The van der Waals surface area contributed by atoms with Gasteiger partial charge in [-0.15, -0.1) is 0 Å². The number of nitrogens with one attached hydrogen (secondary N) is 1. The van der Waals surface area contributed by atoms with Gasteiger partial charge in [-0.2, -0.15) is 0 Å². The van der Waals surface area contributed by atoms with E-state index in [4.69, 9.17) is 4.99 Å². The summed E-state index contributed by atoms with van der Waals surface area (Å²) in [6, 6.07) is 10.7. The fraction of sp³-hybridized carbons (Fsp3) is 0.652. The second-order valence-corrected chi connectivity index (χ2v) is 7.76. The van der Waals surface area contributed by atoms with E-state index < -0.39 is 0 Å². The lowest BCUT2D eigenvalue weighted by Crippen LogP contribution is -2.47. The third-order valence-corrected chi connectivity index (χ3v) is 5.58. The van der Waals surface area contributed by atoms with E-state index in [2.05, 4.69) is 52.4 Å². The van der Waals surface area contributed by atoms with Crippen molar-refractivity contribution in [2.24, 2.45) is 4.99 Å². The van der Waals surface area contributed by atoms with E-state index in [0.717, 1.165) is 71.4 Å². The molecule has 30 heavy (non-hydrogen) atoms. The van der Waals surface area contributed by atoms with Crippen LogP contribution in [0.15, 0.2) is 35.3 Å². The lowest BCUT2D eigenvalue weighted by molar-refractivity contribution is -0.131. The number of hydrogen-bond acceptors (Lipinski definition) is 4. The van der Waals surface area contributed by atoms with E-state index in [9.17, 15) is 4.79 Å². The number of carbonyl (C=O) groups is 1. The van der Waals surface area contributed by atoms with Crippen LogP contribution in [0.2, 0.25) is 0 Å². The summed E-state index contributed by atoms with van der Waals surface area (Å²) in [5, 5.41) is 3.31. The van der Waals surface area contributed by atoms with E-state index in [1.807, 2.05) is 30.7 Å². The number of amides is 1. The molecule has 0 aromatic heterocycles. The Morgan fingerprint density at radius 1 is 1.03 bits per heavy atom. The molecule has 1 aliphatic heterocycles. The molecule has 1 heterocycles. The summed E-state index contributed by atoms with van der Waals surface area (Å²) >= 11 is 0. The Hall–Kier alpha value is -2.12. The van der Waals surface area contributed by atoms with E-state index in [1.54, 1.807) is 0 Å². The predicted molar refractivity (Wildman–Crippen MR) is 125 cm³/mol. The van der Waals surface area contributed by atoms with Crippen LogP contribution in [-0.4, -0.2) is 104 Å². The molecule has 1 N–H and O–H groups in total. The second-order valence-electron chi connectivity index (χ2n) is 7.76. The third-order valence-electron chi connectivity index (χ3n) is 5.58. The van der Waals surface area contributed by atoms with Crippen LogP contribution in [0.4, 0.5) is 0 Å². The van der Waals surface area contributed by atoms with Gasteiger partial charge in [-0.25, -0.2) is 0 Å². The van der Waals surface area contributed by atoms with Crippen LogP contribution >= 0.6 is 0 Å². The summed E-state index contributed by atoms with van der Waals surface area (Å²) in [6.07, 6.45) is 0. The lowest BCUT2D eigenvalue weighted by Gasteiger charge is -2.34. The van der Waals surface area contributed by atoms with Gasteiger partial charge in [-0.1, -0.05) is 30.3 Å². The Morgan fingerprint density at radius 2 is 1.67 bits per heavy atom. The number of benzene rings is 1. The maximum Gasteiger partial charge on any atom is 0.242 e. The number of guanidine groups is 1. The number of nitrogens with zero attached hydrogens (tertiary/aromatic N) is 5. The summed E-state index contributed by atoms with van der Waals surface area (Å²) in [6.45, 7) is 15.8. The Labute approximate surface area is 182 Å². The molecule has 1 aromatic rings. The van der Waals surface area contributed by atoms with Crippen LogP contribution in [0, 0.1) is 0 Å². The quantitative estimate of drug-likeness (QED) is 0.464. The monoisotopic (exact) mass is 416 g/mol. The maximum atomic E-state index is 12.4. The molecule has 1 amide bonds. The van der Waals surface area contributed by atoms with Gasteiger partial charge in [0.05, 0.1) is 13.1 Å². The molecular formula is C23H40N6O. The van der Waals surface area contributed by atoms with Crippen molar-refractivity contribution in [2.75, 3.05) is 72.5 Å². The van der Waals surface area contributed by atoms with Gasteiger partial charge < -0.3 is 15.1 Å². The first kappa shape index (κ1) is 24.2. The number of aliphatic imine (C=N–C) groups is 1. The maximum absolute atomic E-state index is 12.4. The van der Waals surface area contributed by atoms with Crippen molar-refractivity contribution in [2.45, 2.75) is 27.3 Å². The molecule has 0 spiro atoms. The molecule has 1 saturated heterocycles. The van der Waals surface area contributed by atoms with E-state index in [-0.39, 0.29) is 5.91 Å². The van der Waals surface area contributed by atoms with Gasteiger partial charge in [-0.3, -0.25) is 19.6 Å². The molecule has 0 saturated carbocycles. The zero-order chi connectivity index (χ0) is 21.8. The zero-order valence-corrected chi connectivity index (χ0v) is 19.3. The number of rotatable bonds is 10. The molecular weight excluding hydrogens is 376 g/mol. The van der Waals surface area contributed by atoms with E-state index in [1.165, 1.54) is 5.56 Å². The van der Waals surface area contributed by atoms with Gasteiger partial charge in [0.25, 0.3) is 0 Å². The molecule has 1 aliphatic rings. The predicted octanol–water partition coefficient (Wildman–Crippen LogP) is 1.57. The highest BCUT2D eigenvalue weighted by molar-refractivity contribution is 5.86. The Balaban J connectivity index is 1.76. The van der Waals surface area contributed by atoms with Gasteiger partial charge >= 0.3 is 0 Å². The average molecular weight is 417 g/mol. The largest absolute Gasteiger partial charge is 0.357 e. The molecule has 168 valence electrons. The molecule has 7 heteroatoms. The SMILES string of the molecule is CCNC(=NCCN1CCN(Cc2ccccc2)CC1)N(C)CC(=O)N(CC)CC. The molecule has 0 bridgehead atoms. The van der Waals surface area contributed by atoms with Crippen molar-refractivity contribution < 1.29 is 4.79 Å². The van der Waals surface area contributed by atoms with E-state index in [0.29, 0.717) is 6.54 Å². The van der Waals surface area contributed by atoms with Crippen molar-refractivity contribution in [3.63, 3.8) is 0 Å². The smallest absolute Gasteiger partial charge is 0.242 e. The molecule has 2 rings (SSSR count). The normalized spacial score (nSPS) is 15.8. The van der Waals surface area contributed by atoms with Crippen molar-refractivity contribution in [3.05, 3.63) is 35.9 Å². The fourth-order valence-electron chi connectivity index (χ4n) is 3.73. The zero-order valence-electron chi connectivity index (χ0n) is 19.3. The van der Waals surface area contributed by atoms with Gasteiger partial charge in [0.2, 0.25) is 5.91 Å². The summed E-state index contributed by atoms with van der Waals surface area (Å²) in [7, 11) is 1.94. The Morgan fingerprint density at radius 3 is 2.27 bits per heavy atom. The third kappa shape index (κ3) is 7.95. The van der Waals surface area contributed by atoms with Crippen LogP contribution in [0.25, 0.3) is 0 Å². The Bertz CT molecular complexity index is 638. The van der Waals surface area contributed by atoms with Gasteiger partial charge in [0, 0.05) is 66.0 Å².